The van der Waals surface area contributed by atoms with E-state index in [0.717, 1.165) is 0 Å². The van der Waals surface area contributed by atoms with E-state index in [9.17, 15) is 9.59 Å². The van der Waals surface area contributed by atoms with E-state index in [2.05, 4.69) is 10.1 Å². The first-order valence-electron chi connectivity index (χ1n) is 3.39. The van der Waals surface area contributed by atoms with Crippen LogP contribution < -0.4 is 5.32 Å². The highest BCUT2D eigenvalue weighted by atomic mass is 35.5. The van der Waals surface area contributed by atoms with Crippen molar-refractivity contribution in [1.82, 2.24) is 5.32 Å². The largest absolute Gasteiger partial charge is 0.453 e. The summed E-state index contributed by atoms with van der Waals surface area (Å²) in [6.45, 7) is 3.13. The van der Waals surface area contributed by atoms with Crippen molar-refractivity contribution in [2.45, 2.75) is 19.4 Å². The molecule has 0 heterocycles. The number of hydrogen-bond acceptors (Lipinski definition) is 3. The molecule has 0 fully saturated rings. The number of nitrogens with one attached hydrogen (secondary N) is 1. The molecule has 70 valence electrons. The number of Topliss-reactive ketones (excluding diaryl/α,β-unsaturated/α-hetero) is 1. The number of carbonyl (C=O) groups is 2. The lowest BCUT2D eigenvalue weighted by molar-refractivity contribution is -0.121. The summed E-state index contributed by atoms with van der Waals surface area (Å²) in [6.07, 6.45) is -0.640. The highest BCUT2D eigenvalue weighted by molar-refractivity contribution is 6.29. The van der Waals surface area contributed by atoms with Gasteiger partial charge in [0.15, 0.2) is 5.78 Å². The molecule has 0 aromatic carbocycles. The topological polar surface area (TPSA) is 55.4 Å². The van der Waals surface area contributed by atoms with E-state index in [4.69, 9.17) is 11.6 Å². The summed E-state index contributed by atoms with van der Waals surface area (Å²) in [5.41, 5.74) is -0.963. The first-order chi connectivity index (χ1) is 5.44. The number of amides is 1. The van der Waals surface area contributed by atoms with E-state index in [-0.39, 0.29) is 11.7 Å². The van der Waals surface area contributed by atoms with Crippen LogP contribution in [-0.4, -0.2) is 30.4 Å². The first kappa shape index (κ1) is 11.2. The van der Waals surface area contributed by atoms with Gasteiger partial charge < -0.3 is 10.1 Å². The molecule has 0 saturated heterocycles. The molecule has 0 bridgehead atoms. The van der Waals surface area contributed by atoms with Gasteiger partial charge in [0, 0.05) is 0 Å². The van der Waals surface area contributed by atoms with Crippen molar-refractivity contribution in [3.8, 4) is 0 Å². The second-order valence-corrected chi connectivity index (χ2v) is 3.07. The number of hydrogen-bond donors (Lipinski definition) is 1. The van der Waals surface area contributed by atoms with Crippen molar-refractivity contribution in [1.29, 1.82) is 0 Å². The quantitative estimate of drug-likeness (QED) is 0.679. The van der Waals surface area contributed by atoms with Crippen molar-refractivity contribution in [3.63, 3.8) is 0 Å². The van der Waals surface area contributed by atoms with Gasteiger partial charge in [0.1, 0.15) is 0 Å². The molecule has 0 aromatic rings. The lowest BCUT2D eigenvalue weighted by Gasteiger charge is -2.22. The zero-order valence-corrected chi connectivity index (χ0v) is 8.07. The monoisotopic (exact) mass is 193 g/mol. The second kappa shape index (κ2) is 4.30. The molecule has 0 saturated carbocycles. The Kier molecular flexibility index (Phi) is 4.03. The van der Waals surface area contributed by atoms with Crippen LogP contribution in [0.5, 0.6) is 0 Å². The van der Waals surface area contributed by atoms with Gasteiger partial charge in [-0.2, -0.15) is 0 Å². The van der Waals surface area contributed by atoms with Gasteiger partial charge in [-0.25, -0.2) is 4.79 Å². The van der Waals surface area contributed by atoms with Crippen LogP contribution in [0.25, 0.3) is 0 Å². The molecule has 0 rings (SSSR count). The summed E-state index contributed by atoms with van der Waals surface area (Å²) in [6, 6.07) is 0. The fraction of sp³-hybridized carbons (Fsp3) is 0.714. The van der Waals surface area contributed by atoms with Crippen molar-refractivity contribution in [3.05, 3.63) is 0 Å². The summed E-state index contributed by atoms with van der Waals surface area (Å²) in [4.78, 5) is 21.8. The molecule has 0 aliphatic carbocycles. The molecule has 0 aromatic heterocycles. The SMILES string of the molecule is COC(=O)NC(C)(C)C(=O)CCl. The second-order valence-electron chi connectivity index (χ2n) is 2.80. The minimum atomic E-state index is -0.963. The summed E-state index contributed by atoms with van der Waals surface area (Å²) in [7, 11) is 1.23. The molecule has 0 atom stereocenters. The number of ketones is 1. The van der Waals surface area contributed by atoms with Crippen LogP contribution in [-0.2, 0) is 9.53 Å². The van der Waals surface area contributed by atoms with Crippen molar-refractivity contribution >= 4 is 23.5 Å². The highest BCUT2D eigenvalue weighted by Gasteiger charge is 2.28. The van der Waals surface area contributed by atoms with Gasteiger partial charge in [-0.1, -0.05) is 0 Å². The first-order valence-corrected chi connectivity index (χ1v) is 3.93. The highest BCUT2D eigenvalue weighted by Crippen LogP contribution is 2.05. The number of methoxy groups -OCH3 is 1. The average molecular weight is 194 g/mol. The molecule has 12 heavy (non-hydrogen) atoms. The van der Waals surface area contributed by atoms with Crippen LogP contribution >= 0.6 is 11.6 Å². The van der Waals surface area contributed by atoms with Crippen molar-refractivity contribution in [2.24, 2.45) is 0 Å². The molecule has 0 aliphatic rings. The molecule has 4 nitrogen and oxygen atoms in total. The van der Waals surface area contributed by atoms with E-state index in [1.54, 1.807) is 13.8 Å². The van der Waals surface area contributed by atoms with Crippen LogP contribution in [0.4, 0.5) is 4.79 Å². The Morgan fingerprint density at radius 3 is 2.33 bits per heavy atom. The third-order valence-corrected chi connectivity index (χ3v) is 1.66. The molecule has 0 unspecified atom stereocenters. The molecular formula is C7H12ClNO3. The molecule has 0 radical (unpaired) electrons. The van der Waals surface area contributed by atoms with Gasteiger partial charge >= 0.3 is 6.09 Å². The van der Waals surface area contributed by atoms with E-state index in [0.29, 0.717) is 0 Å². The number of alkyl halides is 1. The zero-order chi connectivity index (χ0) is 9.78. The minimum absolute atomic E-state index is 0.128. The summed E-state index contributed by atoms with van der Waals surface area (Å²) >= 11 is 5.32. The van der Waals surface area contributed by atoms with Crippen LogP contribution in [0.1, 0.15) is 13.8 Å². The maximum atomic E-state index is 11.1. The predicted molar refractivity (Wildman–Crippen MR) is 45.3 cm³/mol. The van der Waals surface area contributed by atoms with Crippen LogP contribution in [0, 0.1) is 0 Å². The summed E-state index contributed by atoms with van der Waals surface area (Å²) in [5, 5.41) is 2.36. The maximum Gasteiger partial charge on any atom is 0.407 e. The lowest BCUT2D eigenvalue weighted by atomic mass is 10.0. The third-order valence-electron chi connectivity index (χ3n) is 1.42. The number of ether oxygens (including phenoxy) is 1. The van der Waals surface area contributed by atoms with Gasteiger partial charge in [-0.15, -0.1) is 11.6 Å². The molecule has 1 amide bonds. The number of carbonyl (C=O) groups excluding carboxylic acids is 2. The van der Waals surface area contributed by atoms with Gasteiger partial charge in [0.05, 0.1) is 18.5 Å². The number of alkyl carbamates (subject to hydrolysis) is 1. The van der Waals surface area contributed by atoms with Crippen LogP contribution in [0.2, 0.25) is 0 Å². The van der Waals surface area contributed by atoms with E-state index >= 15 is 0 Å². The fourth-order valence-corrected chi connectivity index (χ4v) is 0.877. The normalized spacial score (nSPS) is 10.7. The molecule has 0 aliphatic heterocycles. The lowest BCUT2D eigenvalue weighted by Crippen LogP contribution is -2.50. The maximum absolute atomic E-state index is 11.1. The van der Waals surface area contributed by atoms with Gasteiger partial charge in [-0.05, 0) is 13.8 Å². The molecule has 5 heteroatoms. The molecular weight excluding hydrogens is 182 g/mol. The Balaban J connectivity index is 4.21. The smallest absolute Gasteiger partial charge is 0.407 e. The standard InChI is InChI=1S/C7H12ClNO3/c1-7(2,5(10)4-8)9-6(11)12-3/h4H2,1-3H3,(H,9,11). The summed E-state index contributed by atoms with van der Waals surface area (Å²) < 4.78 is 4.34. The van der Waals surface area contributed by atoms with Crippen molar-refractivity contribution < 1.29 is 14.3 Å². The minimum Gasteiger partial charge on any atom is -0.453 e. The van der Waals surface area contributed by atoms with Crippen LogP contribution in [0.3, 0.4) is 0 Å². The Labute approximate surface area is 76.2 Å². The number of rotatable bonds is 3. The Bertz CT molecular complexity index is 191. The number of halogens is 1. The van der Waals surface area contributed by atoms with E-state index in [1.165, 1.54) is 7.11 Å². The third kappa shape index (κ3) is 3.09. The fourth-order valence-electron chi connectivity index (χ4n) is 0.543. The Morgan fingerprint density at radius 2 is 2.00 bits per heavy atom. The zero-order valence-electron chi connectivity index (χ0n) is 7.31. The van der Waals surface area contributed by atoms with E-state index < -0.39 is 11.6 Å². The Hall–Kier alpha value is -0.770. The predicted octanol–water partition coefficient (Wildman–Crippen LogP) is 0.929. The summed E-state index contributed by atoms with van der Waals surface area (Å²) in [5.74, 6) is -0.383. The Morgan fingerprint density at radius 1 is 1.50 bits per heavy atom. The van der Waals surface area contributed by atoms with E-state index in [1.807, 2.05) is 0 Å². The van der Waals surface area contributed by atoms with Crippen molar-refractivity contribution in [2.75, 3.05) is 13.0 Å². The molecule has 1 N–H and O–H groups in total. The van der Waals surface area contributed by atoms with Crippen LogP contribution in [0.15, 0.2) is 0 Å². The van der Waals surface area contributed by atoms with Gasteiger partial charge in [0.2, 0.25) is 0 Å². The average Bonchev–Trinajstić information content (AvgIpc) is 2.02. The van der Waals surface area contributed by atoms with Gasteiger partial charge in [-0.3, -0.25) is 4.79 Å². The molecule has 0 spiro atoms. The van der Waals surface area contributed by atoms with Gasteiger partial charge in [0.25, 0.3) is 0 Å².